The summed E-state index contributed by atoms with van der Waals surface area (Å²) in [7, 11) is 1.58. The second kappa shape index (κ2) is 10.1. The summed E-state index contributed by atoms with van der Waals surface area (Å²) in [5.74, 6) is 1.77. The van der Waals surface area contributed by atoms with Gasteiger partial charge in [-0.1, -0.05) is 21.1 Å². The molecule has 1 amide bonds. The number of anilines is 1. The first-order valence-electron chi connectivity index (χ1n) is 12.3. The molecule has 0 aliphatic carbocycles. The number of oxime groups is 1. The van der Waals surface area contributed by atoms with Crippen LogP contribution >= 0.6 is 15.9 Å². The van der Waals surface area contributed by atoms with Crippen molar-refractivity contribution in [3.05, 3.63) is 52.1 Å². The van der Waals surface area contributed by atoms with Gasteiger partial charge in [-0.2, -0.15) is 0 Å². The number of hydrogen-bond acceptors (Lipinski definition) is 7. The molecule has 0 unspecified atom stereocenters. The molecule has 2 aromatic rings. The topological polar surface area (TPSA) is 93.3 Å². The van der Waals surface area contributed by atoms with Gasteiger partial charge in [-0.3, -0.25) is 9.69 Å². The normalized spacial score (nSPS) is 21.5. The summed E-state index contributed by atoms with van der Waals surface area (Å²) in [6.45, 7) is 4.11. The van der Waals surface area contributed by atoms with Gasteiger partial charge in [0.2, 0.25) is 5.91 Å². The lowest BCUT2D eigenvalue weighted by molar-refractivity contribution is -0.140. The highest BCUT2D eigenvalue weighted by atomic mass is 79.9. The molecule has 9 heteroatoms. The van der Waals surface area contributed by atoms with E-state index in [0.717, 1.165) is 66.8 Å². The number of benzene rings is 1. The first kappa shape index (κ1) is 24.1. The number of carbonyl (C=O) groups is 1. The van der Waals surface area contributed by atoms with Crippen LogP contribution in [0.1, 0.15) is 43.2 Å². The molecular weight excluding hydrogens is 510 g/mol. The average molecular weight is 542 g/mol. The molecule has 3 aliphatic rings. The van der Waals surface area contributed by atoms with Crippen LogP contribution in [0.5, 0.6) is 5.75 Å². The van der Waals surface area contributed by atoms with Gasteiger partial charge in [0.25, 0.3) is 0 Å². The number of nitrogens with two attached hydrogens (primary N) is 1. The molecule has 2 saturated heterocycles. The zero-order valence-corrected chi connectivity index (χ0v) is 21.7. The van der Waals surface area contributed by atoms with Crippen molar-refractivity contribution in [2.24, 2.45) is 11.1 Å². The number of rotatable bonds is 4. The largest absolute Gasteiger partial charge is 0.486 e. The van der Waals surface area contributed by atoms with Gasteiger partial charge in [-0.15, -0.1) is 0 Å². The van der Waals surface area contributed by atoms with E-state index in [1.807, 2.05) is 35.2 Å². The number of nitrogen functional groups attached to an aromatic ring is 1. The van der Waals surface area contributed by atoms with Crippen LogP contribution in [0.25, 0.3) is 0 Å². The van der Waals surface area contributed by atoms with Crippen molar-refractivity contribution in [1.29, 1.82) is 0 Å². The average Bonchev–Trinajstić information content (AvgIpc) is 2.85. The molecule has 5 rings (SSSR count). The number of carbonyl (C=O) groups excluding carboxylic acids is 1. The maximum atomic E-state index is 13.3. The molecule has 0 atom stereocenters. The number of nitrogens with zero attached hydrogens (tertiary/aromatic N) is 4. The van der Waals surface area contributed by atoms with Crippen molar-refractivity contribution in [3.63, 3.8) is 0 Å². The van der Waals surface area contributed by atoms with Crippen LogP contribution in [0.2, 0.25) is 0 Å². The molecule has 0 bridgehead atoms. The SMILES string of the molecule is CO/N=C1\CC2(CCN(C(=O)C3CCN(Cc4ccnc(N)c4)CC3)CC2)Oc2ccc(Br)cc21. The summed E-state index contributed by atoms with van der Waals surface area (Å²) in [4.78, 5) is 27.0. The highest BCUT2D eigenvalue weighted by Gasteiger charge is 2.44. The van der Waals surface area contributed by atoms with E-state index in [0.29, 0.717) is 31.2 Å². The van der Waals surface area contributed by atoms with E-state index < -0.39 is 0 Å². The molecule has 4 heterocycles. The Balaban J connectivity index is 1.17. The first-order valence-corrected chi connectivity index (χ1v) is 13.0. The molecular formula is C26H32BrN5O3. The number of piperidine rings is 2. The van der Waals surface area contributed by atoms with E-state index in [-0.39, 0.29) is 11.5 Å². The van der Waals surface area contributed by atoms with Crippen LogP contribution in [0.15, 0.2) is 46.2 Å². The molecule has 8 nitrogen and oxygen atoms in total. The number of pyridine rings is 1. The van der Waals surface area contributed by atoms with Crippen molar-refractivity contribution in [1.82, 2.24) is 14.8 Å². The third kappa shape index (κ3) is 5.30. The van der Waals surface area contributed by atoms with Crippen molar-refractivity contribution in [2.75, 3.05) is 39.0 Å². The quantitative estimate of drug-likeness (QED) is 0.591. The minimum atomic E-state index is -0.343. The first-order chi connectivity index (χ1) is 16.9. The molecule has 2 fully saturated rings. The number of likely N-dealkylation sites (tertiary alicyclic amines) is 2. The molecule has 0 radical (unpaired) electrons. The zero-order valence-electron chi connectivity index (χ0n) is 20.1. The van der Waals surface area contributed by atoms with Crippen molar-refractivity contribution in [3.8, 4) is 5.75 Å². The Morgan fingerprint density at radius 3 is 2.71 bits per heavy atom. The van der Waals surface area contributed by atoms with Gasteiger partial charge in [0.1, 0.15) is 24.3 Å². The van der Waals surface area contributed by atoms with E-state index in [2.05, 4.69) is 31.0 Å². The standard InChI is InChI=1S/C26H32BrN5O3/c1-34-30-22-16-26(35-23-3-2-20(27)15-21(22)23)7-12-32(13-8-26)25(33)19-5-10-31(11-6-19)17-18-4-9-29-24(28)14-18/h2-4,9,14-15,19H,5-8,10-13,16-17H2,1H3,(H2,28,29)/b30-22+. The number of hydrogen-bond donors (Lipinski definition) is 1. The van der Waals surface area contributed by atoms with Crippen molar-refractivity contribution in [2.45, 2.75) is 44.2 Å². The molecule has 2 N–H and O–H groups in total. The van der Waals surface area contributed by atoms with Crippen molar-refractivity contribution < 1.29 is 14.4 Å². The van der Waals surface area contributed by atoms with Crippen LogP contribution in [-0.2, 0) is 16.2 Å². The number of ether oxygens (including phenoxy) is 1. The second-order valence-corrected chi connectivity index (χ2v) is 10.7. The minimum Gasteiger partial charge on any atom is -0.486 e. The summed E-state index contributed by atoms with van der Waals surface area (Å²) < 4.78 is 7.51. The number of aromatic nitrogens is 1. The van der Waals surface area contributed by atoms with Crippen LogP contribution in [-0.4, -0.2) is 65.3 Å². The van der Waals surface area contributed by atoms with E-state index >= 15 is 0 Å². The van der Waals surface area contributed by atoms with Gasteiger partial charge < -0.3 is 20.2 Å². The fourth-order valence-electron chi connectivity index (χ4n) is 5.54. The molecule has 0 saturated carbocycles. The third-order valence-electron chi connectivity index (χ3n) is 7.44. The molecule has 186 valence electrons. The van der Waals surface area contributed by atoms with E-state index in [9.17, 15) is 4.79 Å². The van der Waals surface area contributed by atoms with Gasteiger partial charge in [0.15, 0.2) is 0 Å². The Hall–Kier alpha value is -2.65. The van der Waals surface area contributed by atoms with Crippen LogP contribution in [0.4, 0.5) is 5.82 Å². The number of amides is 1. The smallest absolute Gasteiger partial charge is 0.225 e. The molecule has 3 aliphatic heterocycles. The lowest BCUT2D eigenvalue weighted by Gasteiger charge is -2.45. The Morgan fingerprint density at radius 2 is 2.00 bits per heavy atom. The predicted molar refractivity (Wildman–Crippen MR) is 138 cm³/mol. The summed E-state index contributed by atoms with van der Waals surface area (Å²) in [6, 6.07) is 9.92. The molecule has 1 spiro atoms. The van der Waals surface area contributed by atoms with Gasteiger partial charge in [0.05, 0.1) is 5.71 Å². The maximum absolute atomic E-state index is 13.3. The monoisotopic (exact) mass is 541 g/mol. The van der Waals surface area contributed by atoms with E-state index in [1.165, 1.54) is 5.56 Å². The maximum Gasteiger partial charge on any atom is 0.225 e. The number of halogens is 1. The highest BCUT2D eigenvalue weighted by molar-refractivity contribution is 9.10. The predicted octanol–water partition coefficient (Wildman–Crippen LogP) is 3.83. The fourth-order valence-corrected chi connectivity index (χ4v) is 5.90. The molecule has 1 aromatic carbocycles. The Labute approximate surface area is 214 Å². The lowest BCUT2D eigenvalue weighted by Crippen LogP contribution is -2.54. The summed E-state index contributed by atoms with van der Waals surface area (Å²) in [6.07, 6.45) is 5.80. The Kier molecular flexibility index (Phi) is 6.98. The lowest BCUT2D eigenvalue weighted by atomic mass is 9.81. The van der Waals surface area contributed by atoms with Gasteiger partial charge in [-0.25, -0.2) is 4.98 Å². The van der Waals surface area contributed by atoms with Gasteiger partial charge in [0, 0.05) is 61.0 Å². The third-order valence-corrected chi connectivity index (χ3v) is 7.94. The Morgan fingerprint density at radius 1 is 1.23 bits per heavy atom. The summed E-state index contributed by atoms with van der Waals surface area (Å²) in [5.41, 5.74) is 8.50. The van der Waals surface area contributed by atoms with Crippen LogP contribution in [0.3, 0.4) is 0 Å². The number of fused-ring (bicyclic) bond motifs is 1. The molecule has 1 aromatic heterocycles. The fraction of sp³-hybridized carbons (Fsp3) is 0.500. The zero-order chi connectivity index (χ0) is 24.4. The Bertz CT molecular complexity index is 1110. The van der Waals surface area contributed by atoms with Crippen LogP contribution in [0, 0.1) is 5.92 Å². The van der Waals surface area contributed by atoms with Gasteiger partial charge >= 0.3 is 0 Å². The summed E-state index contributed by atoms with van der Waals surface area (Å²) in [5, 5.41) is 4.31. The molecule has 35 heavy (non-hydrogen) atoms. The van der Waals surface area contributed by atoms with E-state index in [4.69, 9.17) is 15.3 Å². The van der Waals surface area contributed by atoms with Gasteiger partial charge in [-0.05, 0) is 61.8 Å². The minimum absolute atomic E-state index is 0.0961. The van der Waals surface area contributed by atoms with E-state index in [1.54, 1.807) is 13.3 Å². The summed E-state index contributed by atoms with van der Waals surface area (Å²) >= 11 is 3.53. The van der Waals surface area contributed by atoms with Crippen molar-refractivity contribution >= 4 is 33.4 Å². The second-order valence-electron chi connectivity index (χ2n) is 9.79. The van der Waals surface area contributed by atoms with Crippen LogP contribution < -0.4 is 10.5 Å². The highest BCUT2D eigenvalue weighted by Crippen LogP contribution is 2.41.